The number of benzene rings is 1. The third kappa shape index (κ3) is 4.26. The van der Waals surface area contributed by atoms with Gasteiger partial charge in [-0.3, -0.25) is 19.1 Å². The fourth-order valence-corrected chi connectivity index (χ4v) is 2.72. The molecule has 0 atom stereocenters. The molecule has 1 heterocycles. The molecular formula is C19H24N2O4. The lowest BCUT2D eigenvalue weighted by Gasteiger charge is -2.18. The van der Waals surface area contributed by atoms with E-state index in [4.69, 9.17) is 4.74 Å². The van der Waals surface area contributed by atoms with Gasteiger partial charge in [-0.25, -0.2) is 4.79 Å². The zero-order valence-corrected chi connectivity index (χ0v) is 15.3. The summed E-state index contributed by atoms with van der Waals surface area (Å²) in [4.78, 5) is 38.8. The molecule has 0 fully saturated rings. The smallest absolute Gasteiger partial charge is 0.331 e. The van der Waals surface area contributed by atoms with Gasteiger partial charge < -0.3 is 4.74 Å². The summed E-state index contributed by atoms with van der Waals surface area (Å²) in [6.07, 6.45) is 0.297. The lowest BCUT2D eigenvalue weighted by molar-refractivity contribution is -0.119. The molecule has 0 unspecified atom stereocenters. The lowest BCUT2D eigenvalue weighted by Crippen LogP contribution is -2.35. The van der Waals surface area contributed by atoms with Crippen molar-refractivity contribution < 1.29 is 9.53 Å². The number of H-pyrrole nitrogens is 1. The molecule has 2 aromatic rings. The van der Waals surface area contributed by atoms with Crippen LogP contribution in [0, 0.1) is 13.8 Å². The number of Topliss-reactive ketones (excluding diaryl/α,β-unsaturated/α-hetero) is 1. The van der Waals surface area contributed by atoms with Gasteiger partial charge in [0.05, 0.1) is 12.1 Å². The van der Waals surface area contributed by atoms with Gasteiger partial charge in [0.15, 0.2) is 5.78 Å². The van der Waals surface area contributed by atoms with Gasteiger partial charge in [0.25, 0.3) is 5.56 Å². The van der Waals surface area contributed by atoms with Crippen molar-refractivity contribution >= 4 is 5.78 Å². The quantitative estimate of drug-likeness (QED) is 0.873. The molecule has 0 aliphatic rings. The molecule has 0 spiro atoms. The Morgan fingerprint density at radius 3 is 2.28 bits per heavy atom. The molecule has 0 aliphatic carbocycles. The van der Waals surface area contributed by atoms with Crippen molar-refractivity contribution in [2.75, 3.05) is 0 Å². The number of ether oxygens (including phenoxy) is 1. The van der Waals surface area contributed by atoms with Crippen LogP contribution in [0.1, 0.15) is 49.8 Å². The van der Waals surface area contributed by atoms with E-state index in [1.807, 2.05) is 45.9 Å². The fraction of sp³-hybridized carbons (Fsp3) is 0.421. The topological polar surface area (TPSA) is 81.2 Å². The molecule has 2 rings (SSSR count). The van der Waals surface area contributed by atoms with Gasteiger partial charge in [0.2, 0.25) is 5.88 Å². The largest absolute Gasteiger partial charge is 0.440 e. The summed E-state index contributed by atoms with van der Waals surface area (Å²) in [5, 5.41) is 0. The summed E-state index contributed by atoms with van der Waals surface area (Å²) >= 11 is 0. The highest BCUT2D eigenvalue weighted by Gasteiger charge is 2.21. The first-order chi connectivity index (χ1) is 11.7. The van der Waals surface area contributed by atoms with Crippen LogP contribution in [0.3, 0.4) is 0 Å². The first kappa shape index (κ1) is 18.7. The number of nitrogens with one attached hydrogen (secondary N) is 1. The van der Waals surface area contributed by atoms with Crippen molar-refractivity contribution in [2.24, 2.45) is 0 Å². The molecule has 0 bridgehead atoms. The minimum atomic E-state index is -0.643. The van der Waals surface area contributed by atoms with Crippen molar-refractivity contribution in [1.29, 1.82) is 0 Å². The predicted molar refractivity (Wildman–Crippen MR) is 96.7 cm³/mol. The number of rotatable bonds is 6. The molecule has 6 heteroatoms. The zero-order chi connectivity index (χ0) is 18.7. The van der Waals surface area contributed by atoms with E-state index in [1.165, 1.54) is 4.57 Å². The van der Waals surface area contributed by atoms with E-state index < -0.39 is 11.2 Å². The second-order valence-corrected chi connectivity index (χ2v) is 6.54. The third-order valence-corrected chi connectivity index (χ3v) is 3.90. The third-order valence-electron chi connectivity index (χ3n) is 3.90. The molecule has 134 valence electrons. The maximum absolute atomic E-state index is 12.3. The Morgan fingerprint density at radius 1 is 1.16 bits per heavy atom. The average molecular weight is 344 g/mol. The van der Waals surface area contributed by atoms with E-state index in [0.717, 1.165) is 11.1 Å². The highest BCUT2D eigenvalue weighted by molar-refractivity contribution is 5.78. The fourth-order valence-electron chi connectivity index (χ4n) is 2.72. The summed E-state index contributed by atoms with van der Waals surface area (Å²) in [6, 6.07) is 5.66. The van der Waals surface area contributed by atoms with Crippen molar-refractivity contribution in [3.05, 3.63) is 55.7 Å². The van der Waals surface area contributed by atoms with E-state index in [0.29, 0.717) is 17.7 Å². The van der Waals surface area contributed by atoms with Crippen molar-refractivity contribution in [2.45, 2.75) is 53.5 Å². The molecule has 0 saturated carbocycles. The first-order valence-electron chi connectivity index (χ1n) is 8.37. The summed E-state index contributed by atoms with van der Waals surface area (Å²) in [5.74, 6) is 0.375. The zero-order valence-electron chi connectivity index (χ0n) is 15.3. The Morgan fingerprint density at radius 2 is 1.76 bits per heavy atom. The number of ketones is 1. The van der Waals surface area contributed by atoms with E-state index in [1.54, 1.807) is 6.92 Å². The molecule has 1 aromatic carbocycles. The number of aryl methyl sites for hydroxylation is 2. The molecule has 0 radical (unpaired) electrons. The summed E-state index contributed by atoms with van der Waals surface area (Å²) < 4.78 is 7.17. The molecule has 0 amide bonds. The van der Waals surface area contributed by atoms with Crippen LogP contribution in [0.5, 0.6) is 11.6 Å². The second kappa shape index (κ2) is 7.51. The number of hydrogen-bond acceptors (Lipinski definition) is 4. The first-order valence-corrected chi connectivity index (χ1v) is 8.37. The number of nitrogens with zero attached hydrogens (tertiary/aromatic N) is 1. The van der Waals surface area contributed by atoms with Gasteiger partial charge in [0, 0.05) is 6.42 Å². The van der Waals surface area contributed by atoms with Crippen molar-refractivity contribution in [3.8, 4) is 11.6 Å². The molecular weight excluding hydrogens is 320 g/mol. The monoisotopic (exact) mass is 344 g/mol. The predicted octanol–water partition coefficient (Wildman–Crippen LogP) is 3.05. The minimum absolute atomic E-state index is 0.117. The summed E-state index contributed by atoms with van der Waals surface area (Å²) in [7, 11) is 0. The van der Waals surface area contributed by atoms with Crippen LogP contribution in [0.25, 0.3) is 0 Å². The highest BCUT2D eigenvalue weighted by atomic mass is 16.5. The summed E-state index contributed by atoms with van der Waals surface area (Å²) in [5.41, 5.74) is 1.23. The number of carbonyl (C=O) groups excluding carboxylic acids is 1. The van der Waals surface area contributed by atoms with E-state index >= 15 is 0 Å². The molecule has 1 aromatic heterocycles. The Labute approximate surface area is 146 Å². The Hall–Kier alpha value is -2.63. The maximum Gasteiger partial charge on any atom is 0.331 e. The number of aromatic amines is 1. The van der Waals surface area contributed by atoms with Gasteiger partial charge in [-0.05, 0) is 43.0 Å². The second-order valence-electron chi connectivity index (χ2n) is 6.54. The van der Waals surface area contributed by atoms with Gasteiger partial charge in [-0.15, -0.1) is 0 Å². The standard InChI is InChI=1S/C19H24N2O4/c1-6-14(22)10-21-18(16(11(2)3)17(23)20-19(21)24)25-15-8-12(4)7-13(5)9-15/h7-9,11H,6,10H2,1-5H3,(H,20,23,24). The number of hydrogen-bond donors (Lipinski definition) is 1. The van der Waals surface area contributed by atoms with Crippen LogP contribution < -0.4 is 16.0 Å². The van der Waals surface area contributed by atoms with Crippen LogP contribution in [-0.2, 0) is 11.3 Å². The molecule has 0 aliphatic heterocycles. The normalized spacial score (nSPS) is 11.0. The van der Waals surface area contributed by atoms with Gasteiger partial charge >= 0.3 is 5.69 Å². The Bertz CT molecular complexity index is 886. The molecule has 6 nitrogen and oxygen atoms in total. The van der Waals surface area contributed by atoms with Crippen LogP contribution in [-0.4, -0.2) is 15.3 Å². The van der Waals surface area contributed by atoms with Crippen LogP contribution in [0.2, 0.25) is 0 Å². The molecule has 25 heavy (non-hydrogen) atoms. The van der Waals surface area contributed by atoms with Crippen molar-refractivity contribution in [1.82, 2.24) is 9.55 Å². The maximum atomic E-state index is 12.3. The molecule has 1 N–H and O–H groups in total. The van der Waals surface area contributed by atoms with Crippen LogP contribution >= 0.6 is 0 Å². The van der Waals surface area contributed by atoms with Gasteiger partial charge in [-0.2, -0.15) is 0 Å². The average Bonchev–Trinajstić information content (AvgIpc) is 2.49. The Kier molecular flexibility index (Phi) is 5.62. The van der Waals surface area contributed by atoms with E-state index in [9.17, 15) is 14.4 Å². The van der Waals surface area contributed by atoms with Gasteiger partial charge in [-0.1, -0.05) is 26.8 Å². The number of carbonyl (C=O) groups is 1. The van der Waals surface area contributed by atoms with E-state index in [2.05, 4.69) is 4.98 Å². The van der Waals surface area contributed by atoms with E-state index in [-0.39, 0.29) is 24.1 Å². The van der Waals surface area contributed by atoms with Crippen LogP contribution in [0.15, 0.2) is 27.8 Å². The summed E-state index contributed by atoms with van der Waals surface area (Å²) in [6.45, 7) is 9.16. The molecule has 0 saturated heterocycles. The minimum Gasteiger partial charge on any atom is -0.440 e. The van der Waals surface area contributed by atoms with Gasteiger partial charge in [0.1, 0.15) is 5.75 Å². The van der Waals surface area contributed by atoms with Crippen LogP contribution in [0.4, 0.5) is 0 Å². The van der Waals surface area contributed by atoms with Crippen molar-refractivity contribution in [3.63, 3.8) is 0 Å². The Balaban J connectivity index is 2.68. The highest BCUT2D eigenvalue weighted by Crippen LogP contribution is 2.28. The number of aromatic nitrogens is 2. The lowest BCUT2D eigenvalue weighted by atomic mass is 10.1. The SMILES string of the molecule is CCC(=O)Cn1c(Oc2cc(C)cc(C)c2)c(C(C)C)c(=O)[nH]c1=O.